The second-order valence-electron chi connectivity index (χ2n) is 6.24. The maximum atomic E-state index is 13.3. The summed E-state index contributed by atoms with van der Waals surface area (Å²) < 4.78 is 10.5. The summed E-state index contributed by atoms with van der Waals surface area (Å²) in [6, 6.07) is 9.78. The second kappa shape index (κ2) is 9.04. The van der Waals surface area contributed by atoms with Gasteiger partial charge in [0, 0.05) is 17.6 Å². The van der Waals surface area contributed by atoms with E-state index in [1.807, 2.05) is 0 Å². The molecule has 3 rings (SSSR count). The summed E-state index contributed by atoms with van der Waals surface area (Å²) in [6.45, 7) is 2.08. The molecule has 0 atom stereocenters. The van der Waals surface area contributed by atoms with Crippen molar-refractivity contribution < 1.29 is 19.1 Å². The molecule has 1 heterocycles. The third kappa shape index (κ3) is 4.01. The normalized spacial score (nSPS) is 15.8. The second-order valence-corrected chi connectivity index (χ2v) is 7.44. The molecule has 0 spiro atoms. The Labute approximate surface area is 189 Å². The summed E-state index contributed by atoms with van der Waals surface area (Å²) in [5.74, 6) is -0.196. The first-order valence-corrected chi connectivity index (χ1v) is 10.1. The lowest BCUT2D eigenvalue weighted by atomic mass is 10.0. The number of rotatable bonds is 5. The van der Waals surface area contributed by atoms with Crippen molar-refractivity contribution in [2.45, 2.75) is 6.92 Å². The molecule has 1 saturated heterocycles. The Balaban J connectivity index is 2.13. The van der Waals surface area contributed by atoms with E-state index in [1.165, 1.54) is 30.1 Å². The van der Waals surface area contributed by atoms with Crippen LogP contribution in [-0.2, 0) is 9.59 Å². The first-order chi connectivity index (χ1) is 14.3. The molecule has 2 amide bonds. The zero-order chi connectivity index (χ0) is 22.0. The van der Waals surface area contributed by atoms with Crippen LogP contribution in [0.5, 0.6) is 11.5 Å². The topological polar surface area (TPSA) is 59.1 Å². The van der Waals surface area contributed by atoms with Gasteiger partial charge in [-0.05, 0) is 61.1 Å². The summed E-state index contributed by atoms with van der Waals surface area (Å²) in [7, 11) is 2.98. The summed E-state index contributed by atoms with van der Waals surface area (Å²) >= 11 is 17.7. The first-order valence-electron chi connectivity index (χ1n) is 8.91. The minimum absolute atomic E-state index is 0.0745. The van der Waals surface area contributed by atoms with Crippen LogP contribution in [0.15, 0.2) is 42.0 Å². The van der Waals surface area contributed by atoms with Gasteiger partial charge in [-0.25, -0.2) is 0 Å². The monoisotopic (exact) mass is 464 g/mol. The van der Waals surface area contributed by atoms with E-state index in [0.717, 1.165) is 0 Å². The van der Waals surface area contributed by atoms with Gasteiger partial charge in [-0.15, -0.1) is 0 Å². The van der Waals surface area contributed by atoms with E-state index < -0.39 is 11.8 Å². The van der Waals surface area contributed by atoms with Crippen LogP contribution in [0.3, 0.4) is 0 Å². The Morgan fingerprint density at radius 2 is 1.60 bits per heavy atom. The summed E-state index contributed by atoms with van der Waals surface area (Å²) in [4.78, 5) is 28.9. The van der Waals surface area contributed by atoms with E-state index in [2.05, 4.69) is 0 Å². The molecule has 0 unspecified atom stereocenters. The maximum absolute atomic E-state index is 13.3. The number of nitrogens with zero attached hydrogens (tertiary/aromatic N) is 2. The minimum atomic E-state index is -0.553. The number of anilines is 1. The molecule has 9 heteroatoms. The van der Waals surface area contributed by atoms with Crippen LogP contribution in [0.2, 0.25) is 10.0 Å². The Morgan fingerprint density at radius 3 is 2.17 bits per heavy atom. The number of halogens is 2. The highest BCUT2D eigenvalue weighted by atomic mass is 35.5. The Bertz CT molecular complexity index is 1050. The molecule has 0 aromatic heterocycles. The van der Waals surface area contributed by atoms with Crippen molar-refractivity contribution in [3.05, 3.63) is 57.6 Å². The summed E-state index contributed by atoms with van der Waals surface area (Å²) in [5.41, 5.74) is 0.866. The van der Waals surface area contributed by atoms with Gasteiger partial charge in [0.1, 0.15) is 5.57 Å². The highest BCUT2D eigenvalue weighted by molar-refractivity contribution is 7.80. The Morgan fingerprint density at radius 1 is 1.00 bits per heavy atom. The molecule has 156 valence electrons. The van der Waals surface area contributed by atoms with Gasteiger partial charge in [0.2, 0.25) is 0 Å². The fraction of sp³-hybridized carbons (Fsp3) is 0.190. The molecule has 1 aliphatic heterocycles. The van der Waals surface area contributed by atoms with Crippen LogP contribution in [0, 0.1) is 0 Å². The van der Waals surface area contributed by atoms with E-state index in [0.29, 0.717) is 39.3 Å². The molecule has 2 aromatic rings. The zero-order valence-corrected chi connectivity index (χ0v) is 18.8. The number of amides is 2. The quantitative estimate of drug-likeness (QED) is 0.368. The molecule has 0 bridgehead atoms. The van der Waals surface area contributed by atoms with Crippen molar-refractivity contribution in [2.24, 2.45) is 0 Å². The van der Waals surface area contributed by atoms with Gasteiger partial charge in [0.25, 0.3) is 11.8 Å². The average molecular weight is 465 g/mol. The van der Waals surface area contributed by atoms with E-state index in [-0.39, 0.29) is 10.7 Å². The van der Waals surface area contributed by atoms with Gasteiger partial charge in [0.05, 0.1) is 24.9 Å². The lowest BCUT2D eigenvalue weighted by Crippen LogP contribution is -2.56. The molecule has 1 aliphatic rings. The smallest absolute Gasteiger partial charge is 0.270 e. The highest BCUT2D eigenvalue weighted by Gasteiger charge is 2.39. The van der Waals surface area contributed by atoms with Crippen molar-refractivity contribution in [2.75, 3.05) is 25.7 Å². The lowest BCUT2D eigenvalue weighted by molar-refractivity contribution is -0.127. The molecule has 30 heavy (non-hydrogen) atoms. The van der Waals surface area contributed by atoms with Crippen molar-refractivity contribution in [1.29, 1.82) is 0 Å². The van der Waals surface area contributed by atoms with E-state index in [4.69, 9.17) is 44.9 Å². The SMILES string of the molecule is CCN1C(=O)/C(=C\c2cc(OC)c(OC)cc2Cl)C(=O)N(c2ccc(Cl)cc2)C1=S. The number of carbonyl (C=O) groups excluding carboxylic acids is 2. The molecular formula is C21H18Cl2N2O4S. The molecular weight excluding hydrogens is 447 g/mol. The third-order valence-corrected chi connectivity index (χ3v) is 5.52. The number of thiocarbonyl (C=S) groups is 1. The number of benzene rings is 2. The molecule has 0 saturated carbocycles. The van der Waals surface area contributed by atoms with Gasteiger partial charge in [0.15, 0.2) is 16.6 Å². The standard InChI is InChI=1S/C21H18Cl2N2O4S/c1-4-24-19(26)15(9-12-10-17(28-2)18(29-3)11-16(12)23)20(27)25(21(24)30)14-7-5-13(22)6-8-14/h5-11H,4H2,1-3H3/b15-9+. The molecule has 2 aromatic carbocycles. The predicted octanol–water partition coefficient (Wildman–Crippen LogP) is 4.57. The molecule has 1 fully saturated rings. The van der Waals surface area contributed by atoms with Crippen LogP contribution in [0.4, 0.5) is 5.69 Å². The number of ether oxygens (including phenoxy) is 2. The van der Waals surface area contributed by atoms with Gasteiger partial charge in [-0.2, -0.15) is 0 Å². The van der Waals surface area contributed by atoms with Crippen LogP contribution >= 0.6 is 35.4 Å². The van der Waals surface area contributed by atoms with Crippen molar-refractivity contribution in [3.8, 4) is 11.5 Å². The van der Waals surface area contributed by atoms with Gasteiger partial charge < -0.3 is 9.47 Å². The molecule has 6 nitrogen and oxygen atoms in total. The maximum Gasteiger partial charge on any atom is 0.270 e. The number of carbonyl (C=O) groups is 2. The average Bonchev–Trinajstić information content (AvgIpc) is 2.73. The first kappa shape index (κ1) is 22.1. The van der Waals surface area contributed by atoms with E-state index >= 15 is 0 Å². The summed E-state index contributed by atoms with van der Waals surface area (Å²) in [6.07, 6.45) is 1.43. The number of hydrogen-bond acceptors (Lipinski definition) is 5. The van der Waals surface area contributed by atoms with E-state index in [1.54, 1.807) is 43.3 Å². The minimum Gasteiger partial charge on any atom is -0.493 e. The number of methoxy groups -OCH3 is 2. The van der Waals surface area contributed by atoms with Crippen LogP contribution in [-0.4, -0.2) is 42.6 Å². The molecule has 0 radical (unpaired) electrons. The van der Waals surface area contributed by atoms with Crippen LogP contribution < -0.4 is 14.4 Å². The fourth-order valence-electron chi connectivity index (χ4n) is 3.01. The van der Waals surface area contributed by atoms with Crippen molar-refractivity contribution in [1.82, 2.24) is 4.90 Å². The predicted molar refractivity (Wildman–Crippen MR) is 121 cm³/mol. The third-order valence-electron chi connectivity index (χ3n) is 4.54. The Kier molecular flexibility index (Phi) is 6.65. The Hall–Kier alpha value is -2.61. The zero-order valence-electron chi connectivity index (χ0n) is 16.4. The highest BCUT2D eigenvalue weighted by Crippen LogP contribution is 2.35. The summed E-state index contributed by atoms with van der Waals surface area (Å²) in [5, 5.41) is 0.922. The lowest BCUT2D eigenvalue weighted by Gasteiger charge is -2.36. The molecule has 0 aliphatic carbocycles. The number of hydrogen-bond donors (Lipinski definition) is 0. The van der Waals surface area contributed by atoms with Crippen LogP contribution in [0.25, 0.3) is 6.08 Å². The van der Waals surface area contributed by atoms with Crippen molar-refractivity contribution >= 4 is 64.1 Å². The fourth-order valence-corrected chi connectivity index (χ4v) is 3.74. The van der Waals surface area contributed by atoms with Crippen LogP contribution in [0.1, 0.15) is 12.5 Å². The van der Waals surface area contributed by atoms with Gasteiger partial charge in [-0.1, -0.05) is 23.2 Å². The van der Waals surface area contributed by atoms with Gasteiger partial charge in [-0.3, -0.25) is 19.4 Å². The largest absolute Gasteiger partial charge is 0.493 e. The van der Waals surface area contributed by atoms with Crippen molar-refractivity contribution in [3.63, 3.8) is 0 Å². The number of likely N-dealkylation sites (N-methyl/N-ethyl adjacent to an activating group) is 1. The molecule has 0 N–H and O–H groups in total. The van der Waals surface area contributed by atoms with E-state index in [9.17, 15) is 9.59 Å². The van der Waals surface area contributed by atoms with Gasteiger partial charge >= 0.3 is 0 Å².